The summed E-state index contributed by atoms with van der Waals surface area (Å²) in [4.78, 5) is 10.9. The first-order valence-corrected chi connectivity index (χ1v) is 3.46. The van der Waals surface area contributed by atoms with Gasteiger partial charge in [-0.2, -0.15) is 5.10 Å². The van der Waals surface area contributed by atoms with E-state index in [2.05, 4.69) is 10.2 Å². The zero-order valence-electron chi connectivity index (χ0n) is 5.67. The summed E-state index contributed by atoms with van der Waals surface area (Å²) in [6, 6.07) is 0. The Balaban J connectivity index is 3.10. The summed E-state index contributed by atoms with van der Waals surface area (Å²) in [5.41, 5.74) is 0.0377. The van der Waals surface area contributed by atoms with Crippen LogP contribution in [0.3, 0.4) is 0 Å². The molecule has 0 aliphatic heterocycles. The average Bonchev–Trinajstić information content (AvgIpc) is 1.97. The summed E-state index contributed by atoms with van der Waals surface area (Å²) < 4.78 is 0. The van der Waals surface area contributed by atoms with Crippen molar-refractivity contribution in [1.29, 1.82) is 0 Å². The first-order chi connectivity index (χ1) is 5.25. The van der Waals surface area contributed by atoms with Crippen LogP contribution in [0.15, 0.2) is 11.0 Å². The molecule has 0 saturated carbocycles. The van der Waals surface area contributed by atoms with Gasteiger partial charge in [-0.1, -0.05) is 11.6 Å². The Bertz CT molecular complexity index is 297. The van der Waals surface area contributed by atoms with Gasteiger partial charge in [-0.05, 0) is 0 Å². The molecule has 60 valence electrons. The number of nitrogens with one attached hydrogen (secondary N) is 1. The van der Waals surface area contributed by atoms with Crippen LogP contribution in [0, 0.1) is 0 Å². The van der Waals surface area contributed by atoms with E-state index in [9.17, 15) is 4.79 Å². The minimum absolute atomic E-state index is 0.0905. The van der Waals surface area contributed by atoms with Crippen LogP contribution in [0.5, 0.6) is 0 Å². The van der Waals surface area contributed by atoms with E-state index in [1.54, 1.807) is 0 Å². The number of halogens is 1. The highest BCUT2D eigenvalue weighted by atomic mass is 35.5. The SMILES string of the molecule is O=c1[nH]ncc(Cl)c1CCO. The number of hydrogen-bond acceptors (Lipinski definition) is 3. The van der Waals surface area contributed by atoms with Crippen molar-refractivity contribution in [1.82, 2.24) is 10.2 Å². The summed E-state index contributed by atoms with van der Waals surface area (Å²) in [6.45, 7) is -0.0905. The molecule has 0 aliphatic carbocycles. The largest absolute Gasteiger partial charge is 0.396 e. The topological polar surface area (TPSA) is 66.0 Å². The van der Waals surface area contributed by atoms with E-state index in [1.165, 1.54) is 6.20 Å². The van der Waals surface area contributed by atoms with Crippen molar-refractivity contribution in [2.24, 2.45) is 0 Å². The van der Waals surface area contributed by atoms with Crippen molar-refractivity contribution >= 4 is 11.6 Å². The maximum absolute atomic E-state index is 10.9. The number of aliphatic hydroxyl groups excluding tert-OH is 1. The molecule has 2 N–H and O–H groups in total. The van der Waals surface area contributed by atoms with Crippen molar-refractivity contribution < 1.29 is 5.11 Å². The van der Waals surface area contributed by atoms with Gasteiger partial charge in [0.05, 0.1) is 11.2 Å². The molecule has 1 aromatic rings. The Morgan fingerprint density at radius 3 is 3.00 bits per heavy atom. The molecule has 0 bridgehead atoms. The van der Waals surface area contributed by atoms with E-state index in [0.29, 0.717) is 10.6 Å². The Kier molecular flexibility index (Phi) is 2.62. The molecule has 0 fully saturated rings. The summed E-state index contributed by atoms with van der Waals surface area (Å²) >= 11 is 5.61. The molecule has 5 heteroatoms. The van der Waals surface area contributed by atoms with Crippen molar-refractivity contribution in [2.45, 2.75) is 6.42 Å². The molecule has 0 spiro atoms. The second-order valence-electron chi connectivity index (χ2n) is 2.00. The van der Waals surface area contributed by atoms with Gasteiger partial charge >= 0.3 is 0 Å². The van der Waals surface area contributed by atoms with Crippen molar-refractivity contribution in [2.75, 3.05) is 6.61 Å². The Hall–Kier alpha value is -0.870. The molecule has 0 aliphatic rings. The number of H-pyrrole nitrogens is 1. The Morgan fingerprint density at radius 2 is 2.45 bits per heavy atom. The van der Waals surface area contributed by atoms with Crippen LogP contribution >= 0.6 is 11.6 Å². The summed E-state index contributed by atoms with van der Waals surface area (Å²) in [5, 5.41) is 14.5. The van der Waals surface area contributed by atoms with Gasteiger partial charge in [0.25, 0.3) is 5.56 Å². The molecule has 11 heavy (non-hydrogen) atoms. The van der Waals surface area contributed by atoms with E-state index >= 15 is 0 Å². The normalized spacial score (nSPS) is 10.0. The van der Waals surface area contributed by atoms with Crippen LogP contribution in [-0.4, -0.2) is 21.9 Å². The predicted octanol–water partition coefficient (Wildman–Crippen LogP) is -0.0419. The first-order valence-electron chi connectivity index (χ1n) is 3.08. The standard InChI is InChI=1S/C6H7ClN2O2/c7-5-3-8-9-6(11)4(5)1-2-10/h3,10H,1-2H2,(H,9,11). The van der Waals surface area contributed by atoms with Crippen LogP contribution in [0.1, 0.15) is 5.56 Å². The quantitative estimate of drug-likeness (QED) is 0.661. The Morgan fingerprint density at radius 1 is 1.73 bits per heavy atom. The zero-order valence-corrected chi connectivity index (χ0v) is 6.43. The van der Waals surface area contributed by atoms with Gasteiger partial charge in [-0.15, -0.1) is 0 Å². The molecular formula is C6H7ClN2O2. The van der Waals surface area contributed by atoms with Gasteiger partial charge in [0.2, 0.25) is 0 Å². The van der Waals surface area contributed by atoms with E-state index in [1.807, 2.05) is 0 Å². The average molecular weight is 175 g/mol. The van der Waals surface area contributed by atoms with Crippen molar-refractivity contribution in [3.63, 3.8) is 0 Å². The molecule has 0 radical (unpaired) electrons. The van der Waals surface area contributed by atoms with E-state index in [-0.39, 0.29) is 18.6 Å². The molecule has 0 atom stereocenters. The lowest BCUT2D eigenvalue weighted by Crippen LogP contribution is -2.15. The molecule has 0 saturated heterocycles. The van der Waals surface area contributed by atoms with Gasteiger partial charge in [0, 0.05) is 18.6 Å². The molecular weight excluding hydrogens is 168 g/mol. The third kappa shape index (κ3) is 1.78. The fraction of sp³-hybridized carbons (Fsp3) is 0.333. The van der Waals surface area contributed by atoms with Gasteiger partial charge in [-0.3, -0.25) is 4.79 Å². The maximum Gasteiger partial charge on any atom is 0.268 e. The number of aliphatic hydroxyl groups is 1. The highest BCUT2D eigenvalue weighted by molar-refractivity contribution is 6.31. The smallest absolute Gasteiger partial charge is 0.268 e. The highest BCUT2D eigenvalue weighted by Gasteiger charge is 2.03. The summed E-state index contributed by atoms with van der Waals surface area (Å²) in [6.07, 6.45) is 1.60. The van der Waals surface area contributed by atoms with Crippen LogP contribution in [0.4, 0.5) is 0 Å². The predicted molar refractivity (Wildman–Crippen MR) is 40.7 cm³/mol. The molecule has 1 heterocycles. The fourth-order valence-corrected chi connectivity index (χ4v) is 0.975. The number of aromatic nitrogens is 2. The third-order valence-corrected chi connectivity index (χ3v) is 1.59. The lowest BCUT2D eigenvalue weighted by molar-refractivity contribution is 0.299. The van der Waals surface area contributed by atoms with Gasteiger partial charge in [0.15, 0.2) is 0 Å². The minimum atomic E-state index is -0.341. The number of aromatic amines is 1. The molecule has 0 aromatic carbocycles. The lowest BCUT2D eigenvalue weighted by Gasteiger charge is -1.97. The van der Waals surface area contributed by atoms with Crippen LogP contribution < -0.4 is 5.56 Å². The third-order valence-electron chi connectivity index (χ3n) is 1.27. The van der Waals surface area contributed by atoms with Crippen LogP contribution in [0.25, 0.3) is 0 Å². The molecule has 1 rings (SSSR count). The molecule has 0 amide bonds. The van der Waals surface area contributed by atoms with Crippen LogP contribution in [-0.2, 0) is 6.42 Å². The van der Waals surface area contributed by atoms with Gasteiger partial charge < -0.3 is 5.11 Å². The van der Waals surface area contributed by atoms with E-state index < -0.39 is 0 Å². The zero-order chi connectivity index (χ0) is 8.27. The Labute approximate surface area is 67.8 Å². The fourth-order valence-electron chi connectivity index (χ4n) is 0.746. The molecule has 4 nitrogen and oxygen atoms in total. The molecule has 0 unspecified atom stereocenters. The van der Waals surface area contributed by atoms with Crippen molar-refractivity contribution in [3.05, 3.63) is 27.1 Å². The second kappa shape index (κ2) is 3.50. The van der Waals surface area contributed by atoms with E-state index in [0.717, 1.165) is 0 Å². The van der Waals surface area contributed by atoms with Gasteiger partial charge in [0.1, 0.15) is 0 Å². The lowest BCUT2D eigenvalue weighted by atomic mass is 10.2. The highest BCUT2D eigenvalue weighted by Crippen LogP contribution is 2.08. The first kappa shape index (κ1) is 8.23. The summed E-state index contributed by atoms with van der Waals surface area (Å²) in [7, 11) is 0. The number of hydrogen-bond donors (Lipinski definition) is 2. The maximum atomic E-state index is 10.9. The molecule has 1 aromatic heterocycles. The van der Waals surface area contributed by atoms with Crippen LogP contribution in [0.2, 0.25) is 5.02 Å². The second-order valence-corrected chi connectivity index (χ2v) is 2.41. The monoisotopic (exact) mass is 174 g/mol. The van der Waals surface area contributed by atoms with Crippen molar-refractivity contribution in [3.8, 4) is 0 Å². The van der Waals surface area contributed by atoms with E-state index in [4.69, 9.17) is 16.7 Å². The summed E-state index contributed by atoms with van der Waals surface area (Å²) in [5.74, 6) is 0. The minimum Gasteiger partial charge on any atom is -0.396 e. The van der Waals surface area contributed by atoms with Gasteiger partial charge in [-0.25, -0.2) is 5.10 Å². The number of nitrogens with zero attached hydrogens (tertiary/aromatic N) is 1. The number of rotatable bonds is 2.